The molecule has 2 aliphatic carbocycles. The van der Waals surface area contributed by atoms with Gasteiger partial charge < -0.3 is 34.6 Å². The van der Waals surface area contributed by atoms with Gasteiger partial charge in [-0.15, -0.1) is 0 Å². The fourth-order valence-electron chi connectivity index (χ4n) is 7.03. The minimum atomic E-state index is -1.63. The van der Waals surface area contributed by atoms with Crippen molar-refractivity contribution < 1.29 is 44.2 Å². The first-order valence-corrected chi connectivity index (χ1v) is 12.6. The maximum absolute atomic E-state index is 13.6. The maximum Gasteiger partial charge on any atom is 0.334 e. The summed E-state index contributed by atoms with van der Waals surface area (Å²) in [7, 11) is 0. The number of carbonyl (C=O) groups excluding carboxylic acids is 2. The van der Waals surface area contributed by atoms with Gasteiger partial charge in [-0.1, -0.05) is 25.5 Å². The molecule has 9 atom stereocenters. The molecule has 9 nitrogen and oxygen atoms in total. The number of allylic oxidation sites excluding steroid dienone is 1. The highest BCUT2D eigenvalue weighted by Crippen LogP contribution is 2.62. The van der Waals surface area contributed by atoms with Crippen molar-refractivity contribution in [2.45, 2.75) is 89.5 Å². The molecule has 9 heteroatoms. The number of esters is 2. The van der Waals surface area contributed by atoms with Gasteiger partial charge in [0.25, 0.3) is 0 Å². The van der Waals surface area contributed by atoms with Gasteiger partial charge in [0.05, 0.1) is 12.0 Å². The molecule has 3 fully saturated rings. The smallest absolute Gasteiger partial charge is 0.334 e. The number of hydrogen-bond donors (Lipinski definition) is 4. The fourth-order valence-corrected chi connectivity index (χ4v) is 7.03. The molecule has 35 heavy (non-hydrogen) atoms. The molecule has 4 N–H and O–H groups in total. The highest BCUT2D eigenvalue weighted by Gasteiger charge is 2.58. The van der Waals surface area contributed by atoms with E-state index in [1.54, 1.807) is 0 Å². The van der Waals surface area contributed by atoms with Gasteiger partial charge >= 0.3 is 11.9 Å². The third-order valence-corrected chi connectivity index (χ3v) is 9.07. The minimum absolute atomic E-state index is 0.0128. The lowest BCUT2D eigenvalue weighted by atomic mass is 9.46. The van der Waals surface area contributed by atoms with Crippen LogP contribution in [-0.4, -0.2) is 76.3 Å². The standard InChI is InChI=1S/C26H38O9/c1-14-5-8-18-25(2,16(14)7-6-15-9-12-33-22(15)31)10-4-11-26(18,3)24(32)35-23-21(30)20(29)19(28)17(13-27)34-23/h9,16-21,23,27-30H,1,4-8,10-13H2,2-3H3/t16-,17+,18+,19+,20-,21+,23-,25+,26-/m0/s1. The molecule has 0 unspecified atom stereocenters. The average molecular weight is 495 g/mol. The van der Waals surface area contributed by atoms with Crippen molar-refractivity contribution in [3.63, 3.8) is 0 Å². The van der Waals surface area contributed by atoms with Gasteiger partial charge in [-0.25, -0.2) is 4.79 Å². The second-order valence-corrected chi connectivity index (χ2v) is 11.0. The normalized spacial score (nSPS) is 43.8. The molecule has 0 aromatic carbocycles. The summed E-state index contributed by atoms with van der Waals surface area (Å²) in [5.74, 6) is -0.660. The number of carbonyl (C=O) groups is 2. The summed E-state index contributed by atoms with van der Waals surface area (Å²) >= 11 is 0. The van der Waals surface area contributed by atoms with Crippen LogP contribution in [0.5, 0.6) is 0 Å². The van der Waals surface area contributed by atoms with E-state index in [0.29, 0.717) is 25.0 Å². The van der Waals surface area contributed by atoms with E-state index in [1.165, 1.54) is 0 Å². The van der Waals surface area contributed by atoms with Gasteiger partial charge in [-0.05, 0) is 68.8 Å². The molecule has 0 spiro atoms. The molecule has 0 aromatic heterocycles. The van der Waals surface area contributed by atoms with Crippen molar-refractivity contribution in [1.29, 1.82) is 0 Å². The van der Waals surface area contributed by atoms with Gasteiger partial charge in [0, 0.05) is 5.57 Å². The average Bonchev–Trinajstić information content (AvgIpc) is 3.23. The molecule has 0 bridgehead atoms. The molecule has 1 saturated heterocycles. The van der Waals surface area contributed by atoms with Crippen molar-refractivity contribution in [3.05, 3.63) is 23.8 Å². The second-order valence-electron chi connectivity index (χ2n) is 11.0. The van der Waals surface area contributed by atoms with Crippen LogP contribution in [0.1, 0.15) is 58.8 Å². The lowest BCUT2D eigenvalue weighted by Gasteiger charge is -2.58. The summed E-state index contributed by atoms with van der Waals surface area (Å²) in [6, 6.07) is 0. The van der Waals surface area contributed by atoms with Gasteiger partial charge in [0.1, 0.15) is 31.0 Å². The summed E-state index contributed by atoms with van der Waals surface area (Å²) < 4.78 is 16.1. The molecule has 196 valence electrons. The van der Waals surface area contributed by atoms with E-state index in [1.807, 2.05) is 13.0 Å². The van der Waals surface area contributed by atoms with Crippen LogP contribution in [-0.2, 0) is 23.8 Å². The maximum atomic E-state index is 13.6. The van der Waals surface area contributed by atoms with Crippen LogP contribution in [0.15, 0.2) is 23.8 Å². The topological polar surface area (TPSA) is 143 Å². The van der Waals surface area contributed by atoms with Crippen LogP contribution in [0.25, 0.3) is 0 Å². The van der Waals surface area contributed by atoms with Crippen LogP contribution in [0, 0.1) is 22.7 Å². The third kappa shape index (κ3) is 4.57. The van der Waals surface area contributed by atoms with Crippen molar-refractivity contribution >= 4 is 11.9 Å². The van der Waals surface area contributed by atoms with Gasteiger partial charge in [0.15, 0.2) is 0 Å². The lowest BCUT2D eigenvalue weighted by molar-refractivity contribution is -0.297. The Bertz CT molecular complexity index is 882. The van der Waals surface area contributed by atoms with Gasteiger partial charge in [-0.3, -0.25) is 4.79 Å². The molecular weight excluding hydrogens is 456 g/mol. The first-order chi connectivity index (χ1) is 16.5. The van der Waals surface area contributed by atoms with Crippen LogP contribution in [0.4, 0.5) is 0 Å². The molecule has 0 amide bonds. The molecule has 0 aromatic rings. The zero-order valence-electron chi connectivity index (χ0n) is 20.5. The predicted octanol–water partition coefficient (Wildman–Crippen LogP) is 1.37. The SMILES string of the molecule is C=C1CC[C@@H]2[C@](C)(CCC[C@]2(C)C(=O)O[C@@H]2O[C@H](CO)[C@@H](O)[C@H](O)[C@H]2O)[C@H]1CCC1=CCOC1=O. The number of cyclic esters (lactones) is 1. The summed E-state index contributed by atoms with van der Waals surface area (Å²) in [4.78, 5) is 25.5. The number of hydrogen-bond acceptors (Lipinski definition) is 9. The first-order valence-electron chi connectivity index (χ1n) is 12.6. The zero-order chi connectivity index (χ0) is 25.5. The minimum Gasteiger partial charge on any atom is -0.458 e. The Hall–Kier alpha value is -1.78. The van der Waals surface area contributed by atoms with Crippen LogP contribution in [0.3, 0.4) is 0 Å². The van der Waals surface area contributed by atoms with E-state index in [9.17, 15) is 30.0 Å². The summed E-state index contributed by atoms with van der Waals surface area (Å²) in [5.41, 5.74) is 0.766. The lowest BCUT2D eigenvalue weighted by Crippen LogP contribution is -2.61. The Morgan fingerprint density at radius 1 is 1.20 bits per heavy atom. The Labute approximate surface area is 205 Å². The summed E-state index contributed by atoms with van der Waals surface area (Å²) in [6.07, 6.45) is -0.305. The quantitative estimate of drug-likeness (QED) is 0.318. The monoisotopic (exact) mass is 494 g/mol. The predicted molar refractivity (Wildman–Crippen MR) is 124 cm³/mol. The van der Waals surface area contributed by atoms with E-state index in [-0.39, 0.29) is 23.2 Å². The van der Waals surface area contributed by atoms with E-state index in [0.717, 1.165) is 37.7 Å². The molecule has 0 radical (unpaired) electrons. The highest BCUT2D eigenvalue weighted by molar-refractivity contribution is 5.90. The Morgan fingerprint density at radius 2 is 1.94 bits per heavy atom. The van der Waals surface area contributed by atoms with E-state index in [2.05, 4.69) is 13.5 Å². The highest BCUT2D eigenvalue weighted by atomic mass is 16.7. The molecular formula is C26H38O9. The van der Waals surface area contributed by atoms with E-state index >= 15 is 0 Å². The third-order valence-electron chi connectivity index (χ3n) is 9.07. The van der Waals surface area contributed by atoms with Crippen LogP contribution in [0.2, 0.25) is 0 Å². The van der Waals surface area contributed by atoms with Crippen LogP contribution < -0.4 is 0 Å². The molecule has 4 aliphatic rings. The molecule has 4 rings (SSSR count). The number of rotatable bonds is 6. The fraction of sp³-hybridized carbons (Fsp3) is 0.769. The van der Waals surface area contributed by atoms with Crippen LogP contribution >= 0.6 is 0 Å². The summed E-state index contributed by atoms with van der Waals surface area (Å²) in [5, 5.41) is 39.9. The summed E-state index contributed by atoms with van der Waals surface area (Å²) in [6.45, 7) is 8.17. The number of ether oxygens (including phenoxy) is 3. The zero-order valence-corrected chi connectivity index (χ0v) is 20.5. The van der Waals surface area contributed by atoms with E-state index < -0.39 is 48.7 Å². The molecule has 2 saturated carbocycles. The Balaban J connectivity index is 1.52. The number of fused-ring (bicyclic) bond motifs is 1. The Morgan fingerprint density at radius 3 is 2.60 bits per heavy atom. The van der Waals surface area contributed by atoms with Crippen molar-refractivity contribution in [2.24, 2.45) is 22.7 Å². The van der Waals surface area contributed by atoms with Gasteiger partial charge in [-0.2, -0.15) is 0 Å². The van der Waals surface area contributed by atoms with E-state index in [4.69, 9.17) is 14.2 Å². The van der Waals surface area contributed by atoms with Crippen molar-refractivity contribution in [2.75, 3.05) is 13.2 Å². The Kier molecular flexibility index (Phi) is 7.46. The number of aliphatic hydroxyl groups excluding tert-OH is 4. The number of aliphatic hydroxyl groups is 4. The van der Waals surface area contributed by atoms with Crippen molar-refractivity contribution in [1.82, 2.24) is 0 Å². The largest absolute Gasteiger partial charge is 0.458 e. The molecule has 2 heterocycles. The first kappa shape index (κ1) is 26.3. The molecule has 2 aliphatic heterocycles. The second kappa shape index (κ2) is 9.94. The van der Waals surface area contributed by atoms with Crippen molar-refractivity contribution in [3.8, 4) is 0 Å². The van der Waals surface area contributed by atoms with Gasteiger partial charge in [0.2, 0.25) is 6.29 Å².